The van der Waals surface area contributed by atoms with Gasteiger partial charge in [0.25, 0.3) is 0 Å². The van der Waals surface area contributed by atoms with Crippen molar-refractivity contribution < 1.29 is 19.1 Å². The Labute approximate surface area is 201 Å². The molecule has 0 saturated carbocycles. The van der Waals surface area contributed by atoms with E-state index in [2.05, 4.69) is 19.6 Å². The largest absolute Gasteiger partial charge is 0.459 e. The summed E-state index contributed by atoms with van der Waals surface area (Å²) in [5.41, 5.74) is -0.895. The van der Waals surface area contributed by atoms with Crippen molar-refractivity contribution in [2.24, 2.45) is 0 Å². The lowest BCUT2D eigenvalue weighted by Crippen LogP contribution is -2.43. The van der Waals surface area contributed by atoms with Crippen LogP contribution in [0, 0.1) is 0 Å². The van der Waals surface area contributed by atoms with Crippen LogP contribution in [0.4, 0.5) is 0 Å². The second-order valence-electron chi connectivity index (χ2n) is 11.5. The fraction of sp³-hybridized carbons (Fsp3) is 0.920. The SMILES string of the molecule is CC(C)(C)OC(=O)CN1CCCN2CCCN(CCCN(CC(=O)OC(C)(C)C)CC2)CC1. The predicted molar refractivity (Wildman–Crippen MR) is 131 cm³/mol. The fourth-order valence-electron chi connectivity index (χ4n) is 4.44. The number of esters is 2. The van der Waals surface area contributed by atoms with Crippen molar-refractivity contribution in [1.82, 2.24) is 19.6 Å². The highest BCUT2D eigenvalue weighted by Gasteiger charge is 2.23. The molecule has 0 radical (unpaired) electrons. The topological polar surface area (TPSA) is 65.6 Å². The maximum atomic E-state index is 12.4. The Morgan fingerprint density at radius 3 is 1.21 bits per heavy atom. The Bertz CT molecular complexity index is 563. The summed E-state index contributed by atoms with van der Waals surface area (Å²) >= 11 is 0. The third-order valence-corrected chi connectivity index (χ3v) is 5.86. The first kappa shape index (κ1) is 28.0. The summed E-state index contributed by atoms with van der Waals surface area (Å²) in [6, 6.07) is 0. The molecular weight excluding hydrogens is 420 g/mol. The third kappa shape index (κ3) is 12.7. The molecule has 33 heavy (non-hydrogen) atoms. The summed E-state index contributed by atoms with van der Waals surface area (Å²) in [6.07, 6.45) is 3.20. The Hall–Kier alpha value is -1.22. The minimum absolute atomic E-state index is 0.139. The van der Waals surface area contributed by atoms with Crippen LogP contribution in [0.5, 0.6) is 0 Å². The normalized spacial score (nSPS) is 25.2. The van der Waals surface area contributed by atoms with Crippen LogP contribution in [-0.4, -0.2) is 121 Å². The van der Waals surface area contributed by atoms with E-state index in [-0.39, 0.29) is 11.9 Å². The van der Waals surface area contributed by atoms with Gasteiger partial charge in [-0.25, -0.2) is 0 Å². The number of ether oxygens (including phenoxy) is 2. The molecule has 0 spiro atoms. The zero-order chi connectivity index (χ0) is 24.5. The van der Waals surface area contributed by atoms with Crippen molar-refractivity contribution in [1.29, 1.82) is 0 Å². The molecule has 0 aromatic heterocycles. The number of carbonyl (C=O) groups is 2. The molecule has 2 atom stereocenters. The van der Waals surface area contributed by atoms with Gasteiger partial charge in [-0.3, -0.25) is 19.4 Å². The molecule has 0 amide bonds. The van der Waals surface area contributed by atoms with Gasteiger partial charge in [-0.15, -0.1) is 0 Å². The average Bonchev–Trinajstić information content (AvgIpc) is 2.71. The van der Waals surface area contributed by atoms with Gasteiger partial charge in [0.05, 0.1) is 13.1 Å². The summed E-state index contributed by atoms with van der Waals surface area (Å²) in [6.45, 7) is 21.8. The highest BCUT2D eigenvalue weighted by Crippen LogP contribution is 2.11. The van der Waals surface area contributed by atoms with Crippen LogP contribution in [0.25, 0.3) is 0 Å². The molecule has 2 saturated heterocycles. The standard InChI is InChI=1S/C25H48N4O4/c1-24(2,3)32-22(30)20-28-14-8-12-27-11-7-10-26(16-18-28)13-9-15-29(19-17-27)21-23(31)33-25(4,5)6/h7-21H2,1-6H3. The zero-order valence-electron chi connectivity index (χ0n) is 22.0. The zero-order valence-corrected chi connectivity index (χ0v) is 22.0. The minimum atomic E-state index is -0.448. The van der Waals surface area contributed by atoms with E-state index in [9.17, 15) is 9.59 Å². The molecular formula is C25H48N4O4. The summed E-state index contributed by atoms with van der Waals surface area (Å²) in [5, 5.41) is 0. The first-order chi connectivity index (χ1) is 15.4. The molecule has 2 aliphatic heterocycles. The van der Waals surface area contributed by atoms with Gasteiger partial charge in [0, 0.05) is 39.3 Å². The molecule has 2 heterocycles. The lowest BCUT2D eigenvalue weighted by atomic mass is 10.2. The quantitative estimate of drug-likeness (QED) is 0.581. The number of hydrogen-bond acceptors (Lipinski definition) is 8. The van der Waals surface area contributed by atoms with Crippen molar-refractivity contribution >= 4 is 11.9 Å². The fourth-order valence-corrected chi connectivity index (χ4v) is 4.44. The van der Waals surface area contributed by atoms with Crippen LogP contribution in [0.1, 0.15) is 60.8 Å². The maximum Gasteiger partial charge on any atom is 0.320 e. The lowest BCUT2D eigenvalue weighted by molar-refractivity contribution is -0.157. The molecule has 2 bridgehead atoms. The van der Waals surface area contributed by atoms with Gasteiger partial charge >= 0.3 is 11.9 Å². The summed E-state index contributed by atoms with van der Waals surface area (Å²) < 4.78 is 11.1. The van der Waals surface area contributed by atoms with Gasteiger partial charge in [-0.1, -0.05) is 0 Å². The van der Waals surface area contributed by atoms with Crippen molar-refractivity contribution in [3.8, 4) is 0 Å². The Morgan fingerprint density at radius 1 is 0.545 bits per heavy atom. The second-order valence-corrected chi connectivity index (χ2v) is 11.5. The highest BCUT2D eigenvalue weighted by atomic mass is 16.6. The Morgan fingerprint density at radius 2 is 0.879 bits per heavy atom. The van der Waals surface area contributed by atoms with E-state index in [4.69, 9.17) is 9.47 Å². The van der Waals surface area contributed by atoms with Gasteiger partial charge in [0.15, 0.2) is 0 Å². The number of rotatable bonds is 4. The van der Waals surface area contributed by atoms with Crippen molar-refractivity contribution in [3.05, 3.63) is 0 Å². The van der Waals surface area contributed by atoms with Crippen molar-refractivity contribution in [2.45, 2.75) is 72.0 Å². The van der Waals surface area contributed by atoms with E-state index in [1.54, 1.807) is 0 Å². The summed E-state index contributed by atoms with van der Waals surface area (Å²) in [5.74, 6) is -0.278. The van der Waals surface area contributed by atoms with Crippen LogP contribution in [0.2, 0.25) is 0 Å². The second kappa shape index (κ2) is 13.0. The van der Waals surface area contributed by atoms with Gasteiger partial charge in [-0.2, -0.15) is 0 Å². The predicted octanol–water partition coefficient (Wildman–Crippen LogP) is 2.08. The third-order valence-electron chi connectivity index (χ3n) is 5.86. The average molecular weight is 469 g/mol. The Kier molecular flexibility index (Phi) is 11.1. The first-order valence-corrected chi connectivity index (χ1v) is 12.7. The van der Waals surface area contributed by atoms with E-state index in [0.29, 0.717) is 13.1 Å². The van der Waals surface area contributed by atoms with E-state index in [0.717, 1.165) is 84.7 Å². The summed E-state index contributed by atoms with van der Waals surface area (Å²) in [4.78, 5) is 34.4. The van der Waals surface area contributed by atoms with E-state index in [1.807, 2.05) is 41.5 Å². The number of nitrogens with zero attached hydrogens (tertiary/aromatic N) is 4. The molecule has 2 unspecified atom stereocenters. The molecule has 0 aromatic carbocycles. The molecule has 0 aliphatic carbocycles. The first-order valence-electron chi connectivity index (χ1n) is 12.7. The molecule has 2 rings (SSSR count). The van der Waals surface area contributed by atoms with Gasteiger partial charge in [0.2, 0.25) is 0 Å². The molecule has 8 nitrogen and oxygen atoms in total. The molecule has 2 fully saturated rings. The van der Waals surface area contributed by atoms with Crippen molar-refractivity contribution in [2.75, 3.05) is 78.5 Å². The van der Waals surface area contributed by atoms with Crippen LogP contribution in [0.3, 0.4) is 0 Å². The highest BCUT2D eigenvalue weighted by molar-refractivity contribution is 5.72. The smallest absolute Gasteiger partial charge is 0.320 e. The number of fused-ring (bicyclic) bond motifs is 4. The van der Waals surface area contributed by atoms with Gasteiger partial charge < -0.3 is 19.3 Å². The molecule has 192 valence electrons. The van der Waals surface area contributed by atoms with Crippen LogP contribution < -0.4 is 0 Å². The molecule has 0 N–H and O–H groups in total. The van der Waals surface area contributed by atoms with Crippen LogP contribution >= 0.6 is 0 Å². The van der Waals surface area contributed by atoms with Crippen molar-refractivity contribution in [3.63, 3.8) is 0 Å². The molecule has 0 aromatic rings. The lowest BCUT2D eigenvalue weighted by Gasteiger charge is -2.30. The minimum Gasteiger partial charge on any atom is -0.459 e. The van der Waals surface area contributed by atoms with E-state index < -0.39 is 11.2 Å². The molecule has 8 heteroatoms. The summed E-state index contributed by atoms with van der Waals surface area (Å²) in [7, 11) is 0. The number of carbonyl (C=O) groups excluding carboxylic acids is 2. The molecule has 2 aliphatic rings. The number of hydrogen-bond donors (Lipinski definition) is 0. The van der Waals surface area contributed by atoms with Crippen LogP contribution in [-0.2, 0) is 19.1 Å². The van der Waals surface area contributed by atoms with E-state index in [1.165, 1.54) is 0 Å². The van der Waals surface area contributed by atoms with E-state index >= 15 is 0 Å². The monoisotopic (exact) mass is 468 g/mol. The van der Waals surface area contributed by atoms with Gasteiger partial charge in [-0.05, 0) is 87.0 Å². The Balaban J connectivity index is 1.98. The van der Waals surface area contributed by atoms with Crippen LogP contribution in [0.15, 0.2) is 0 Å². The van der Waals surface area contributed by atoms with Gasteiger partial charge in [0.1, 0.15) is 11.2 Å². The maximum absolute atomic E-state index is 12.4.